The van der Waals surface area contributed by atoms with Gasteiger partial charge in [-0.15, -0.1) is 0 Å². The first-order valence-corrected chi connectivity index (χ1v) is 4.01. The molecule has 70 valence electrons. The number of nitrogens with zero attached hydrogens (tertiary/aromatic N) is 1. The van der Waals surface area contributed by atoms with E-state index in [-0.39, 0.29) is 17.3 Å². The van der Waals surface area contributed by atoms with E-state index in [0.717, 1.165) is 0 Å². The molecule has 0 aliphatic heterocycles. The molecule has 0 spiro atoms. The quantitative estimate of drug-likeness (QED) is 0.469. The molecule has 0 radical (unpaired) electrons. The van der Waals surface area contributed by atoms with Gasteiger partial charge < -0.3 is 0 Å². The van der Waals surface area contributed by atoms with Gasteiger partial charge in [-0.3, -0.25) is 14.9 Å². The minimum Gasteiger partial charge on any atom is -0.300 e. The number of Topliss-reactive ketones (excluding diaryl/α,β-unsaturated/α-hetero) is 1. The van der Waals surface area contributed by atoms with E-state index in [1.807, 2.05) is 0 Å². The number of carbonyl (C=O) groups is 1. The fourth-order valence-electron chi connectivity index (χ4n) is 1.06. The van der Waals surface area contributed by atoms with Gasteiger partial charge in [0.2, 0.25) is 6.54 Å². The van der Waals surface area contributed by atoms with E-state index in [0.29, 0.717) is 12.8 Å². The van der Waals surface area contributed by atoms with Gasteiger partial charge in [0.05, 0.1) is 0 Å². The number of nitro groups is 1. The lowest BCUT2D eigenvalue weighted by Crippen LogP contribution is -2.25. The van der Waals surface area contributed by atoms with E-state index in [4.69, 9.17) is 0 Å². The van der Waals surface area contributed by atoms with Crippen LogP contribution in [-0.2, 0) is 4.79 Å². The second-order valence-electron chi connectivity index (χ2n) is 3.72. The van der Waals surface area contributed by atoms with Gasteiger partial charge in [0.15, 0.2) is 0 Å². The van der Waals surface area contributed by atoms with Crippen molar-refractivity contribution < 1.29 is 9.72 Å². The van der Waals surface area contributed by atoms with E-state index in [1.54, 1.807) is 20.8 Å². The molecule has 0 aliphatic carbocycles. The Balaban J connectivity index is 4.03. The molecule has 0 aromatic heterocycles. The van der Waals surface area contributed by atoms with Crippen molar-refractivity contribution in [2.75, 3.05) is 6.54 Å². The summed E-state index contributed by atoms with van der Waals surface area (Å²) in [6.45, 7) is 5.11. The zero-order chi connectivity index (χ0) is 9.78. The van der Waals surface area contributed by atoms with E-state index in [9.17, 15) is 14.9 Å². The summed E-state index contributed by atoms with van der Waals surface area (Å²) < 4.78 is 0. The summed E-state index contributed by atoms with van der Waals surface area (Å²) in [5.41, 5.74) is -0.503. The van der Waals surface area contributed by atoms with Crippen LogP contribution in [0.5, 0.6) is 0 Å². The highest BCUT2D eigenvalue weighted by atomic mass is 16.6. The van der Waals surface area contributed by atoms with E-state index < -0.39 is 5.41 Å². The molecule has 0 saturated carbocycles. The van der Waals surface area contributed by atoms with Gasteiger partial charge in [0.25, 0.3) is 0 Å². The van der Waals surface area contributed by atoms with Crippen molar-refractivity contribution in [3.8, 4) is 0 Å². The molecular formula is C8H15NO3. The Morgan fingerprint density at radius 2 is 2.00 bits per heavy atom. The second kappa shape index (κ2) is 4.18. The lowest BCUT2D eigenvalue weighted by Gasteiger charge is -2.17. The highest BCUT2D eigenvalue weighted by molar-refractivity contribution is 5.78. The second-order valence-corrected chi connectivity index (χ2v) is 3.72. The highest BCUT2D eigenvalue weighted by Gasteiger charge is 2.26. The predicted octanol–water partition coefficient (Wildman–Crippen LogP) is 1.66. The van der Waals surface area contributed by atoms with Crippen LogP contribution in [-0.4, -0.2) is 17.3 Å². The lowest BCUT2D eigenvalue weighted by atomic mass is 9.87. The van der Waals surface area contributed by atoms with Crippen LogP contribution < -0.4 is 0 Å². The summed E-state index contributed by atoms with van der Waals surface area (Å²) in [5.74, 6) is 0.0850. The molecule has 0 amide bonds. The Kier molecular flexibility index (Phi) is 3.86. The van der Waals surface area contributed by atoms with Crippen LogP contribution in [0.4, 0.5) is 0 Å². The minimum absolute atomic E-state index is 0.0850. The summed E-state index contributed by atoms with van der Waals surface area (Å²) in [6.07, 6.45) is 0.756. The molecule has 0 fully saturated rings. The van der Waals surface area contributed by atoms with Crippen molar-refractivity contribution in [1.29, 1.82) is 0 Å². The van der Waals surface area contributed by atoms with Gasteiger partial charge >= 0.3 is 0 Å². The van der Waals surface area contributed by atoms with Crippen molar-refractivity contribution in [3.05, 3.63) is 10.1 Å². The summed E-state index contributed by atoms with van der Waals surface area (Å²) in [4.78, 5) is 20.8. The van der Waals surface area contributed by atoms with Crippen molar-refractivity contribution in [1.82, 2.24) is 0 Å². The predicted molar refractivity (Wildman–Crippen MR) is 45.6 cm³/mol. The molecule has 0 aliphatic rings. The molecular weight excluding hydrogens is 158 g/mol. The maximum atomic E-state index is 11.0. The SMILES string of the molecule is CCC(=O)CC(C)(C)C[N+](=O)[O-]. The van der Waals surface area contributed by atoms with Crippen LogP contribution in [0, 0.1) is 15.5 Å². The molecule has 4 heteroatoms. The van der Waals surface area contributed by atoms with Crippen LogP contribution >= 0.6 is 0 Å². The zero-order valence-corrected chi connectivity index (χ0v) is 7.79. The Morgan fingerprint density at radius 3 is 2.33 bits per heavy atom. The molecule has 0 aromatic carbocycles. The third-order valence-corrected chi connectivity index (χ3v) is 1.63. The first-order valence-electron chi connectivity index (χ1n) is 4.01. The zero-order valence-electron chi connectivity index (χ0n) is 7.79. The van der Waals surface area contributed by atoms with E-state index >= 15 is 0 Å². The van der Waals surface area contributed by atoms with Crippen molar-refractivity contribution in [2.24, 2.45) is 5.41 Å². The topological polar surface area (TPSA) is 60.2 Å². The molecule has 0 N–H and O–H groups in total. The Morgan fingerprint density at radius 1 is 1.50 bits per heavy atom. The number of hydrogen-bond donors (Lipinski definition) is 0. The van der Waals surface area contributed by atoms with Crippen molar-refractivity contribution in [2.45, 2.75) is 33.6 Å². The van der Waals surface area contributed by atoms with E-state index in [2.05, 4.69) is 0 Å². The fraction of sp³-hybridized carbons (Fsp3) is 0.875. The third kappa shape index (κ3) is 4.82. The Labute approximate surface area is 72.1 Å². The van der Waals surface area contributed by atoms with Gasteiger partial charge in [0, 0.05) is 23.2 Å². The van der Waals surface area contributed by atoms with Gasteiger partial charge in [0.1, 0.15) is 5.78 Å². The maximum absolute atomic E-state index is 11.0. The monoisotopic (exact) mass is 173 g/mol. The minimum atomic E-state index is -0.503. The number of hydrogen-bond acceptors (Lipinski definition) is 3. The maximum Gasteiger partial charge on any atom is 0.209 e. The first-order chi connectivity index (χ1) is 5.37. The number of ketones is 1. The normalized spacial score (nSPS) is 11.2. The van der Waals surface area contributed by atoms with Gasteiger partial charge in [-0.2, -0.15) is 0 Å². The molecule has 0 saturated heterocycles. The van der Waals surface area contributed by atoms with Gasteiger partial charge in [-0.1, -0.05) is 20.8 Å². The molecule has 4 nitrogen and oxygen atoms in total. The van der Waals surface area contributed by atoms with E-state index in [1.165, 1.54) is 0 Å². The van der Waals surface area contributed by atoms with Gasteiger partial charge in [-0.25, -0.2) is 0 Å². The molecule has 0 rings (SSSR count). The Hall–Kier alpha value is -0.930. The number of carbonyl (C=O) groups excluding carboxylic acids is 1. The largest absolute Gasteiger partial charge is 0.300 e. The Bertz CT molecular complexity index is 187. The summed E-state index contributed by atoms with van der Waals surface area (Å²) in [7, 11) is 0. The molecule has 12 heavy (non-hydrogen) atoms. The summed E-state index contributed by atoms with van der Waals surface area (Å²) >= 11 is 0. The van der Waals surface area contributed by atoms with Gasteiger partial charge in [-0.05, 0) is 0 Å². The standard InChI is InChI=1S/C8H15NO3/c1-4-7(10)5-8(2,3)6-9(11)12/h4-6H2,1-3H3. The molecule has 0 atom stereocenters. The molecule has 0 unspecified atom stereocenters. The lowest BCUT2D eigenvalue weighted by molar-refractivity contribution is -0.495. The molecule has 0 aromatic rings. The van der Waals surface area contributed by atoms with Crippen LogP contribution in [0.3, 0.4) is 0 Å². The summed E-state index contributed by atoms with van der Waals surface area (Å²) in [6, 6.07) is 0. The number of rotatable bonds is 5. The van der Waals surface area contributed by atoms with Crippen molar-refractivity contribution >= 4 is 5.78 Å². The molecule has 0 heterocycles. The van der Waals surface area contributed by atoms with Crippen LogP contribution in [0.15, 0.2) is 0 Å². The average Bonchev–Trinajstić information content (AvgIpc) is 1.83. The molecule has 0 bridgehead atoms. The summed E-state index contributed by atoms with van der Waals surface area (Å²) in [5, 5.41) is 10.2. The smallest absolute Gasteiger partial charge is 0.209 e. The van der Waals surface area contributed by atoms with Crippen LogP contribution in [0.2, 0.25) is 0 Å². The van der Waals surface area contributed by atoms with Crippen molar-refractivity contribution in [3.63, 3.8) is 0 Å². The van der Waals surface area contributed by atoms with Crippen LogP contribution in [0.25, 0.3) is 0 Å². The fourth-order valence-corrected chi connectivity index (χ4v) is 1.06. The third-order valence-electron chi connectivity index (χ3n) is 1.63. The average molecular weight is 173 g/mol. The van der Waals surface area contributed by atoms with Crippen LogP contribution in [0.1, 0.15) is 33.6 Å². The first kappa shape index (κ1) is 11.1. The highest BCUT2D eigenvalue weighted by Crippen LogP contribution is 2.21.